The van der Waals surface area contributed by atoms with Crippen LogP contribution in [0.1, 0.15) is 42.4 Å². The molecule has 1 aliphatic heterocycles. The molecule has 0 aromatic heterocycles. The van der Waals surface area contributed by atoms with Crippen molar-refractivity contribution in [2.24, 2.45) is 5.92 Å². The molecule has 2 aliphatic rings. The van der Waals surface area contributed by atoms with Crippen molar-refractivity contribution in [2.45, 2.75) is 44.9 Å². The molecule has 1 saturated carbocycles. The van der Waals surface area contributed by atoms with Crippen LogP contribution in [0.5, 0.6) is 0 Å². The topological polar surface area (TPSA) is 58.6 Å². The first-order chi connectivity index (χ1) is 17.7. The van der Waals surface area contributed by atoms with Crippen LogP contribution in [-0.4, -0.2) is 29.5 Å². The van der Waals surface area contributed by atoms with E-state index in [9.17, 15) is 9.59 Å². The van der Waals surface area contributed by atoms with E-state index in [1.807, 2.05) is 42.5 Å². The smallest absolute Gasteiger partial charge is 0.411 e. The predicted molar refractivity (Wildman–Crippen MR) is 140 cm³/mol. The third-order valence-corrected chi connectivity index (χ3v) is 6.64. The van der Waals surface area contributed by atoms with Crippen molar-refractivity contribution in [1.82, 2.24) is 10.2 Å². The minimum absolute atomic E-state index is 0.137. The van der Waals surface area contributed by atoms with E-state index in [0.29, 0.717) is 13.1 Å². The molecule has 36 heavy (non-hydrogen) atoms. The van der Waals surface area contributed by atoms with Gasteiger partial charge in [0.2, 0.25) is 5.91 Å². The molecule has 5 nitrogen and oxygen atoms in total. The molecule has 2 fully saturated rings. The molecule has 0 unspecified atom stereocenters. The van der Waals surface area contributed by atoms with E-state index in [1.165, 1.54) is 0 Å². The number of carbonyl (C=O) groups is 2. The Morgan fingerprint density at radius 2 is 1.69 bits per heavy atom. The van der Waals surface area contributed by atoms with E-state index < -0.39 is 0 Å². The molecule has 1 heterocycles. The molecule has 5 rings (SSSR count). The van der Waals surface area contributed by atoms with Crippen LogP contribution in [0.2, 0.25) is 0 Å². The Balaban J connectivity index is 1.19. The van der Waals surface area contributed by atoms with Crippen LogP contribution in [0.4, 0.5) is 4.79 Å². The molecule has 2 amide bonds. The number of benzene rings is 3. The van der Waals surface area contributed by atoms with Crippen molar-refractivity contribution in [1.29, 1.82) is 0 Å². The first kappa shape index (κ1) is 23.7. The van der Waals surface area contributed by atoms with Gasteiger partial charge >= 0.3 is 6.09 Å². The van der Waals surface area contributed by atoms with Gasteiger partial charge in [-0.05, 0) is 60.1 Å². The van der Waals surface area contributed by atoms with Gasteiger partial charge < -0.3 is 10.1 Å². The minimum atomic E-state index is -0.308. The Morgan fingerprint density at radius 1 is 0.889 bits per heavy atom. The van der Waals surface area contributed by atoms with Gasteiger partial charge in [0, 0.05) is 24.6 Å². The van der Waals surface area contributed by atoms with E-state index >= 15 is 0 Å². The Bertz CT molecular complexity index is 1270. The van der Waals surface area contributed by atoms with Crippen LogP contribution in [0.3, 0.4) is 0 Å². The zero-order chi connectivity index (χ0) is 24.7. The lowest BCUT2D eigenvalue weighted by Gasteiger charge is -2.20. The van der Waals surface area contributed by atoms with Gasteiger partial charge in [-0.2, -0.15) is 0 Å². The van der Waals surface area contributed by atoms with Crippen LogP contribution in [-0.2, 0) is 22.7 Å². The van der Waals surface area contributed by atoms with Crippen molar-refractivity contribution in [3.05, 3.63) is 95.6 Å². The van der Waals surface area contributed by atoms with Gasteiger partial charge in [-0.15, -0.1) is 0 Å². The monoisotopic (exact) mass is 478 g/mol. The molecule has 1 N–H and O–H groups in total. The summed E-state index contributed by atoms with van der Waals surface area (Å²) in [6.45, 7) is 1.50. The van der Waals surface area contributed by atoms with Crippen LogP contribution in [0, 0.1) is 17.8 Å². The minimum Gasteiger partial charge on any atom is -0.445 e. The predicted octanol–water partition coefficient (Wildman–Crippen LogP) is 5.53. The average Bonchev–Trinajstić information content (AvgIpc) is 3.68. The van der Waals surface area contributed by atoms with Gasteiger partial charge in [0.15, 0.2) is 0 Å². The summed E-state index contributed by atoms with van der Waals surface area (Å²) in [5, 5.41) is 3.01. The summed E-state index contributed by atoms with van der Waals surface area (Å²) in [5.41, 5.74) is 5.16. The molecular weight excluding hydrogens is 448 g/mol. The fourth-order valence-corrected chi connectivity index (χ4v) is 4.37. The molecule has 3 aromatic rings. The molecule has 5 heteroatoms. The summed E-state index contributed by atoms with van der Waals surface area (Å²) < 4.78 is 5.52. The summed E-state index contributed by atoms with van der Waals surface area (Å²) in [5.74, 6) is 6.95. The van der Waals surface area contributed by atoms with E-state index in [-0.39, 0.29) is 30.6 Å². The first-order valence-corrected chi connectivity index (χ1v) is 12.6. The average molecular weight is 479 g/mol. The Kier molecular flexibility index (Phi) is 7.33. The molecule has 1 saturated heterocycles. The second kappa shape index (κ2) is 11.1. The maximum absolute atomic E-state index is 12.6. The van der Waals surface area contributed by atoms with Crippen molar-refractivity contribution in [2.75, 3.05) is 6.54 Å². The van der Waals surface area contributed by atoms with Gasteiger partial charge in [-0.25, -0.2) is 4.79 Å². The lowest BCUT2D eigenvalue weighted by Crippen LogP contribution is -2.35. The fourth-order valence-electron chi connectivity index (χ4n) is 4.37. The summed E-state index contributed by atoms with van der Waals surface area (Å²) >= 11 is 0. The number of likely N-dealkylation sites (tertiary alicyclic amines) is 1. The number of rotatable bonds is 6. The summed E-state index contributed by atoms with van der Waals surface area (Å²) in [4.78, 5) is 26.2. The van der Waals surface area contributed by atoms with E-state index in [1.54, 1.807) is 4.90 Å². The number of hydrogen-bond donors (Lipinski definition) is 1. The number of nitrogens with zero attached hydrogens (tertiary/aromatic N) is 1. The SMILES string of the molecule is O=C(NCc1ccc(-c2cccc(C#C[C@@H]3CCCN3C(=O)OCc3ccccc3)c2)cc1)C1CC1. The number of hydrogen-bond acceptors (Lipinski definition) is 3. The molecule has 0 bridgehead atoms. The standard InChI is InChI=1S/C31H30N2O3/c34-30(27-16-17-27)32-21-24-11-14-26(15-12-24)28-9-4-8-23(20-28)13-18-29-10-5-19-33(29)31(35)36-22-25-6-2-1-3-7-25/h1-4,6-9,11-12,14-15,20,27,29H,5,10,16-17,19,21-22H2,(H,32,34)/t29-/m0/s1. The van der Waals surface area contributed by atoms with Crippen molar-refractivity contribution in [3.8, 4) is 23.0 Å². The van der Waals surface area contributed by atoms with Crippen LogP contribution in [0.25, 0.3) is 11.1 Å². The lowest BCUT2D eigenvalue weighted by atomic mass is 10.0. The highest BCUT2D eigenvalue weighted by atomic mass is 16.6. The third-order valence-electron chi connectivity index (χ3n) is 6.64. The van der Waals surface area contributed by atoms with Gasteiger partial charge in [0.25, 0.3) is 0 Å². The van der Waals surface area contributed by atoms with Crippen LogP contribution in [0.15, 0.2) is 78.9 Å². The molecule has 1 aliphatic carbocycles. The molecule has 0 radical (unpaired) electrons. The molecule has 0 spiro atoms. The van der Waals surface area contributed by atoms with Gasteiger partial charge in [0.05, 0.1) is 6.04 Å². The van der Waals surface area contributed by atoms with Crippen molar-refractivity contribution in [3.63, 3.8) is 0 Å². The first-order valence-electron chi connectivity index (χ1n) is 12.6. The third kappa shape index (κ3) is 6.14. The molecule has 182 valence electrons. The largest absolute Gasteiger partial charge is 0.445 e. The highest BCUT2D eigenvalue weighted by molar-refractivity contribution is 5.80. The maximum Gasteiger partial charge on any atom is 0.411 e. The highest BCUT2D eigenvalue weighted by Crippen LogP contribution is 2.29. The lowest BCUT2D eigenvalue weighted by molar-refractivity contribution is -0.122. The normalized spacial score (nSPS) is 16.7. The van der Waals surface area contributed by atoms with Gasteiger partial charge in [0.1, 0.15) is 6.61 Å². The molecule has 3 aromatic carbocycles. The van der Waals surface area contributed by atoms with E-state index in [2.05, 4.69) is 53.6 Å². The zero-order valence-electron chi connectivity index (χ0n) is 20.3. The maximum atomic E-state index is 12.6. The number of carbonyl (C=O) groups excluding carboxylic acids is 2. The summed E-state index contributed by atoms with van der Waals surface area (Å²) in [6, 6.07) is 26.0. The summed E-state index contributed by atoms with van der Waals surface area (Å²) in [6.07, 6.45) is 3.50. The van der Waals surface area contributed by atoms with Gasteiger partial charge in [-0.1, -0.05) is 78.6 Å². The number of amides is 2. The molecule has 1 atom stereocenters. The molecular formula is C31H30N2O3. The number of ether oxygens (including phenoxy) is 1. The van der Waals surface area contributed by atoms with Crippen molar-refractivity contribution >= 4 is 12.0 Å². The number of nitrogens with one attached hydrogen (secondary N) is 1. The second-order valence-corrected chi connectivity index (χ2v) is 9.43. The van der Waals surface area contributed by atoms with Crippen molar-refractivity contribution < 1.29 is 14.3 Å². The summed E-state index contributed by atoms with van der Waals surface area (Å²) in [7, 11) is 0. The van der Waals surface area contributed by atoms with E-state index in [0.717, 1.165) is 53.5 Å². The Labute approximate surface area is 212 Å². The quantitative estimate of drug-likeness (QED) is 0.474. The van der Waals surface area contributed by atoms with E-state index in [4.69, 9.17) is 4.74 Å². The Hall–Kier alpha value is -4.04. The highest BCUT2D eigenvalue weighted by Gasteiger charge is 2.29. The second-order valence-electron chi connectivity index (χ2n) is 9.43. The van der Waals surface area contributed by atoms with Crippen LogP contribution < -0.4 is 5.32 Å². The van der Waals surface area contributed by atoms with Gasteiger partial charge in [-0.3, -0.25) is 9.69 Å². The Morgan fingerprint density at radius 3 is 2.47 bits per heavy atom. The zero-order valence-corrected chi connectivity index (χ0v) is 20.3. The van der Waals surface area contributed by atoms with Crippen LogP contribution >= 0.6 is 0 Å². The fraction of sp³-hybridized carbons (Fsp3) is 0.290.